The normalized spacial score (nSPS) is 23.2. The number of aromatic nitrogens is 3. The number of hydrogen-bond donors (Lipinski definition) is 1. The molecule has 0 spiro atoms. The Morgan fingerprint density at radius 1 is 1.13 bits per heavy atom. The summed E-state index contributed by atoms with van der Waals surface area (Å²) < 4.78 is 76.7. The van der Waals surface area contributed by atoms with E-state index in [9.17, 15) is 22.3 Å². The van der Waals surface area contributed by atoms with Crippen molar-refractivity contribution in [3.8, 4) is 35.4 Å². The number of anilines is 1. The van der Waals surface area contributed by atoms with E-state index in [1.54, 1.807) is 4.90 Å². The summed E-state index contributed by atoms with van der Waals surface area (Å²) in [6.07, 6.45) is 8.36. The molecule has 0 saturated carbocycles. The predicted molar refractivity (Wildman–Crippen MR) is 164 cm³/mol. The third kappa shape index (κ3) is 5.19. The second-order valence-electron chi connectivity index (χ2n) is 12.0. The van der Waals surface area contributed by atoms with Gasteiger partial charge in [-0.05, 0) is 49.4 Å². The molecule has 0 amide bonds. The summed E-state index contributed by atoms with van der Waals surface area (Å²) in [5, 5.41) is 11.3. The third-order valence-corrected chi connectivity index (χ3v) is 10.9. The van der Waals surface area contributed by atoms with Crippen LogP contribution in [0, 0.1) is 24.0 Å². The van der Waals surface area contributed by atoms with Crippen molar-refractivity contribution in [3.05, 3.63) is 47.7 Å². The maximum absolute atomic E-state index is 16.7. The minimum Gasteiger partial charge on any atom is -0.508 e. The first-order chi connectivity index (χ1) is 21.6. The van der Waals surface area contributed by atoms with Crippen LogP contribution in [0.2, 0.25) is 0 Å². The van der Waals surface area contributed by atoms with Gasteiger partial charge >= 0.3 is 6.01 Å². The number of pyridine rings is 1. The van der Waals surface area contributed by atoms with Crippen molar-refractivity contribution in [2.75, 3.05) is 49.2 Å². The SMILES string of the molecule is C#Cc1c(F)ccc2cc(O)cc(-c3ncc4c(N5CCCS(=O)(=O)CC5)nc(OCC56CCCN5CC(F)C6)nc4c3F)c12. The summed E-state index contributed by atoms with van der Waals surface area (Å²) in [5.74, 6) is 0.739. The molecule has 9 nitrogen and oxygen atoms in total. The zero-order valence-electron chi connectivity index (χ0n) is 24.3. The molecule has 13 heteroatoms. The first-order valence-corrected chi connectivity index (χ1v) is 16.7. The zero-order chi connectivity index (χ0) is 31.5. The summed E-state index contributed by atoms with van der Waals surface area (Å²) in [6, 6.07) is 5.13. The van der Waals surface area contributed by atoms with Crippen LogP contribution in [0.4, 0.5) is 19.0 Å². The lowest BCUT2D eigenvalue weighted by molar-refractivity contribution is 0.107. The van der Waals surface area contributed by atoms with Gasteiger partial charge in [-0.15, -0.1) is 6.42 Å². The van der Waals surface area contributed by atoms with Crippen LogP contribution in [0.5, 0.6) is 11.8 Å². The number of ether oxygens (including phenoxy) is 1. The summed E-state index contributed by atoms with van der Waals surface area (Å²) in [5.41, 5.74) is -0.924. The Bertz CT molecular complexity index is 2000. The topological polar surface area (TPSA) is 109 Å². The molecule has 3 aliphatic rings. The molecule has 0 aliphatic carbocycles. The van der Waals surface area contributed by atoms with Crippen molar-refractivity contribution in [1.29, 1.82) is 0 Å². The molecule has 2 aromatic heterocycles. The molecule has 3 aliphatic heterocycles. The highest BCUT2D eigenvalue weighted by Crippen LogP contribution is 2.41. The van der Waals surface area contributed by atoms with E-state index >= 15 is 4.39 Å². The number of rotatable bonds is 5. The average Bonchev–Trinajstić information content (AvgIpc) is 3.46. The molecule has 45 heavy (non-hydrogen) atoms. The van der Waals surface area contributed by atoms with E-state index < -0.39 is 33.2 Å². The molecular weight excluding hydrogens is 607 g/mol. The van der Waals surface area contributed by atoms with Crippen molar-refractivity contribution in [1.82, 2.24) is 19.9 Å². The lowest BCUT2D eigenvalue weighted by Crippen LogP contribution is -2.43. The van der Waals surface area contributed by atoms with E-state index in [1.807, 2.05) is 0 Å². The molecule has 7 rings (SSSR count). The van der Waals surface area contributed by atoms with E-state index in [-0.39, 0.29) is 75.3 Å². The number of nitrogens with zero attached hydrogens (tertiary/aromatic N) is 5. The van der Waals surface area contributed by atoms with Crippen LogP contribution in [-0.2, 0) is 9.84 Å². The Labute approximate surface area is 258 Å². The van der Waals surface area contributed by atoms with E-state index in [0.717, 1.165) is 19.4 Å². The first kappa shape index (κ1) is 29.6. The van der Waals surface area contributed by atoms with Gasteiger partial charge in [0.05, 0.1) is 28.0 Å². The van der Waals surface area contributed by atoms with Crippen molar-refractivity contribution < 1.29 is 31.4 Å². The molecule has 5 heterocycles. The largest absolute Gasteiger partial charge is 0.508 e. The van der Waals surface area contributed by atoms with E-state index in [2.05, 4.69) is 25.8 Å². The Morgan fingerprint density at radius 2 is 1.98 bits per heavy atom. The number of phenols is 1. The van der Waals surface area contributed by atoms with Crippen LogP contribution < -0.4 is 9.64 Å². The highest BCUT2D eigenvalue weighted by molar-refractivity contribution is 7.91. The molecule has 3 fully saturated rings. The van der Waals surface area contributed by atoms with Crippen LogP contribution in [0.3, 0.4) is 0 Å². The van der Waals surface area contributed by atoms with Crippen molar-refractivity contribution >= 4 is 37.3 Å². The molecule has 0 radical (unpaired) electrons. The number of benzene rings is 2. The molecule has 4 aromatic rings. The highest BCUT2D eigenvalue weighted by atomic mass is 32.2. The number of halogens is 3. The first-order valence-electron chi connectivity index (χ1n) is 14.8. The number of fused-ring (bicyclic) bond motifs is 3. The smallest absolute Gasteiger partial charge is 0.319 e. The molecule has 234 valence electrons. The second-order valence-corrected chi connectivity index (χ2v) is 14.3. The van der Waals surface area contributed by atoms with Crippen LogP contribution in [0.25, 0.3) is 32.9 Å². The third-order valence-electron chi connectivity index (χ3n) is 9.18. The standard InChI is InChI=1S/C32H30F3N5O4S/c1-2-22-25(34)6-5-19-13-21(41)14-23(26(19)22)28-27(35)29-24(16-36-28)30(39-8-4-11-45(42,43)12-10-39)38-31(37-29)44-18-32-7-3-9-40(32)17-20(33)15-32/h1,5-6,13-14,16,20,41H,3-4,7-12,15,17-18H2. The molecule has 0 bridgehead atoms. The van der Waals surface area contributed by atoms with Gasteiger partial charge in [0, 0.05) is 43.2 Å². The summed E-state index contributed by atoms with van der Waals surface area (Å²) in [6.45, 7) is 1.67. The molecular formula is C32H30F3N5O4S. The fourth-order valence-electron chi connectivity index (χ4n) is 7.07. The monoisotopic (exact) mass is 637 g/mol. The minimum absolute atomic E-state index is 0.0219. The van der Waals surface area contributed by atoms with Gasteiger partial charge in [-0.3, -0.25) is 9.88 Å². The number of hydrogen-bond acceptors (Lipinski definition) is 9. The maximum Gasteiger partial charge on any atom is 0.319 e. The van der Waals surface area contributed by atoms with Gasteiger partial charge in [0.2, 0.25) is 0 Å². The van der Waals surface area contributed by atoms with Crippen LogP contribution >= 0.6 is 0 Å². The lowest BCUT2D eigenvalue weighted by Gasteiger charge is -2.31. The van der Waals surface area contributed by atoms with Gasteiger partial charge in [0.25, 0.3) is 0 Å². The minimum atomic E-state index is -3.26. The fourth-order valence-corrected chi connectivity index (χ4v) is 8.34. The Hall–Kier alpha value is -4.15. The predicted octanol–water partition coefficient (Wildman–Crippen LogP) is 4.39. The molecule has 3 saturated heterocycles. The van der Waals surface area contributed by atoms with E-state index in [1.165, 1.54) is 30.5 Å². The zero-order valence-corrected chi connectivity index (χ0v) is 25.1. The van der Waals surface area contributed by atoms with Gasteiger partial charge in [-0.1, -0.05) is 12.0 Å². The number of sulfone groups is 1. The Morgan fingerprint density at radius 3 is 2.80 bits per heavy atom. The van der Waals surface area contributed by atoms with E-state index in [4.69, 9.17) is 11.2 Å². The summed E-state index contributed by atoms with van der Waals surface area (Å²) in [7, 11) is -3.26. The highest BCUT2D eigenvalue weighted by Gasteiger charge is 2.49. The van der Waals surface area contributed by atoms with Crippen molar-refractivity contribution in [3.63, 3.8) is 0 Å². The van der Waals surface area contributed by atoms with Crippen LogP contribution in [0.1, 0.15) is 31.2 Å². The van der Waals surface area contributed by atoms with Crippen molar-refractivity contribution in [2.24, 2.45) is 0 Å². The van der Waals surface area contributed by atoms with Gasteiger partial charge < -0.3 is 14.7 Å². The maximum atomic E-state index is 16.7. The number of phenolic OH excluding ortho intramolecular Hbond substituents is 1. The van der Waals surface area contributed by atoms with Crippen LogP contribution in [-0.4, -0.2) is 89.4 Å². The second kappa shape index (κ2) is 11.0. The number of terminal acetylenes is 1. The average molecular weight is 638 g/mol. The Kier molecular flexibility index (Phi) is 7.24. The van der Waals surface area contributed by atoms with Gasteiger partial charge in [0.15, 0.2) is 15.7 Å². The molecule has 2 atom stereocenters. The molecule has 2 unspecified atom stereocenters. The van der Waals surface area contributed by atoms with Crippen LogP contribution in [0.15, 0.2) is 30.5 Å². The van der Waals surface area contributed by atoms with Crippen molar-refractivity contribution in [2.45, 2.75) is 37.4 Å². The lowest BCUT2D eigenvalue weighted by atomic mass is 9.95. The number of aromatic hydroxyl groups is 1. The molecule has 1 N–H and O–H groups in total. The summed E-state index contributed by atoms with van der Waals surface area (Å²) in [4.78, 5) is 17.3. The van der Waals surface area contributed by atoms with Gasteiger partial charge in [-0.25, -0.2) is 21.6 Å². The van der Waals surface area contributed by atoms with Gasteiger partial charge in [0.1, 0.15) is 41.4 Å². The van der Waals surface area contributed by atoms with E-state index in [0.29, 0.717) is 31.3 Å². The summed E-state index contributed by atoms with van der Waals surface area (Å²) >= 11 is 0. The fraction of sp³-hybridized carbons (Fsp3) is 0.406. The van der Waals surface area contributed by atoms with Gasteiger partial charge in [-0.2, -0.15) is 9.97 Å². The number of alkyl halides is 1. The quantitative estimate of drug-likeness (QED) is 0.319. The Balaban J connectivity index is 1.38. The molecule has 2 aromatic carbocycles.